The number of aliphatic hydroxyl groups is 1. The first-order valence-corrected chi connectivity index (χ1v) is 8.55. The third-order valence-electron chi connectivity index (χ3n) is 4.08. The standard InChI is InChI=1S/C17H26ClN3O2/c1-14(22)13-21-10-8-20(9-11-21)7-6-17(23)19-12-15-4-2-3-5-16(15)18/h2-5,14,22H,6-13H2,1H3,(H,19,23)/t14-/m0/s1. The lowest BCUT2D eigenvalue weighted by atomic mass is 10.2. The molecule has 2 N–H and O–H groups in total. The van der Waals surface area contributed by atoms with E-state index >= 15 is 0 Å². The second kappa shape index (κ2) is 9.23. The largest absolute Gasteiger partial charge is 0.392 e. The summed E-state index contributed by atoms with van der Waals surface area (Å²) in [5.41, 5.74) is 0.939. The topological polar surface area (TPSA) is 55.8 Å². The molecule has 0 spiro atoms. The fourth-order valence-corrected chi connectivity index (χ4v) is 2.96. The maximum Gasteiger partial charge on any atom is 0.221 e. The zero-order chi connectivity index (χ0) is 16.7. The molecule has 1 aromatic carbocycles. The van der Waals surface area contributed by atoms with Crippen LogP contribution < -0.4 is 5.32 Å². The predicted octanol–water partition coefficient (Wildman–Crippen LogP) is 1.34. The number of benzene rings is 1. The summed E-state index contributed by atoms with van der Waals surface area (Å²) in [5.74, 6) is 0.0522. The minimum Gasteiger partial charge on any atom is -0.392 e. The molecule has 0 aliphatic carbocycles. The van der Waals surface area contributed by atoms with Crippen LogP contribution in [0.5, 0.6) is 0 Å². The summed E-state index contributed by atoms with van der Waals surface area (Å²) in [6.07, 6.45) is 0.220. The van der Waals surface area contributed by atoms with Crippen LogP contribution in [0.3, 0.4) is 0 Å². The summed E-state index contributed by atoms with van der Waals surface area (Å²) in [4.78, 5) is 16.5. The second-order valence-corrected chi connectivity index (χ2v) is 6.52. The summed E-state index contributed by atoms with van der Waals surface area (Å²) in [6.45, 7) is 7.59. The van der Waals surface area contributed by atoms with E-state index in [0.717, 1.165) is 44.8 Å². The van der Waals surface area contributed by atoms with Gasteiger partial charge in [-0.2, -0.15) is 0 Å². The average molecular weight is 340 g/mol. The lowest BCUT2D eigenvalue weighted by molar-refractivity contribution is -0.121. The van der Waals surface area contributed by atoms with Crippen molar-refractivity contribution in [3.05, 3.63) is 34.9 Å². The van der Waals surface area contributed by atoms with E-state index in [2.05, 4.69) is 15.1 Å². The lowest BCUT2D eigenvalue weighted by Gasteiger charge is -2.35. The van der Waals surface area contributed by atoms with E-state index in [9.17, 15) is 9.90 Å². The molecule has 23 heavy (non-hydrogen) atoms. The molecule has 1 aliphatic heterocycles. The molecule has 1 heterocycles. The summed E-state index contributed by atoms with van der Waals surface area (Å²) in [5, 5.41) is 13.0. The molecule has 1 saturated heterocycles. The third kappa shape index (κ3) is 6.47. The van der Waals surface area contributed by atoms with Crippen molar-refractivity contribution in [2.45, 2.75) is 26.0 Å². The van der Waals surface area contributed by atoms with Crippen LogP contribution in [0.2, 0.25) is 5.02 Å². The van der Waals surface area contributed by atoms with Crippen LogP contribution in [-0.4, -0.2) is 66.2 Å². The molecular formula is C17H26ClN3O2. The van der Waals surface area contributed by atoms with Crippen LogP contribution in [0.1, 0.15) is 18.9 Å². The molecule has 0 radical (unpaired) electrons. The number of amides is 1. The SMILES string of the molecule is C[C@H](O)CN1CCN(CCC(=O)NCc2ccccc2Cl)CC1. The fourth-order valence-electron chi connectivity index (χ4n) is 2.75. The van der Waals surface area contributed by atoms with Gasteiger partial charge in [0.05, 0.1) is 6.10 Å². The van der Waals surface area contributed by atoms with E-state index in [-0.39, 0.29) is 12.0 Å². The van der Waals surface area contributed by atoms with Gasteiger partial charge < -0.3 is 15.3 Å². The Kier molecular flexibility index (Phi) is 7.30. The second-order valence-electron chi connectivity index (χ2n) is 6.11. The molecule has 0 bridgehead atoms. The van der Waals surface area contributed by atoms with Crippen molar-refractivity contribution in [2.24, 2.45) is 0 Å². The van der Waals surface area contributed by atoms with Gasteiger partial charge in [-0.3, -0.25) is 9.69 Å². The van der Waals surface area contributed by atoms with Gasteiger partial charge in [0.15, 0.2) is 0 Å². The predicted molar refractivity (Wildman–Crippen MR) is 92.5 cm³/mol. The van der Waals surface area contributed by atoms with E-state index in [1.54, 1.807) is 0 Å². The molecule has 2 rings (SSSR count). The number of hydrogen-bond donors (Lipinski definition) is 2. The molecule has 0 aromatic heterocycles. The first-order chi connectivity index (χ1) is 11.0. The summed E-state index contributed by atoms with van der Waals surface area (Å²) in [6, 6.07) is 7.55. The molecule has 6 heteroatoms. The summed E-state index contributed by atoms with van der Waals surface area (Å²) in [7, 11) is 0. The molecule has 1 amide bonds. The molecule has 1 atom stereocenters. The molecular weight excluding hydrogens is 314 g/mol. The van der Waals surface area contributed by atoms with E-state index in [1.165, 1.54) is 0 Å². The van der Waals surface area contributed by atoms with Crippen LogP contribution in [0.4, 0.5) is 0 Å². The number of piperazine rings is 1. The van der Waals surface area contributed by atoms with Gasteiger partial charge in [-0.05, 0) is 18.6 Å². The number of nitrogens with zero attached hydrogens (tertiary/aromatic N) is 2. The van der Waals surface area contributed by atoms with E-state index in [0.29, 0.717) is 18.0 Å². The van der Waals surface area contributed by atoms with Crippen molar-refractivity contribution in [3.63, 3.8) is 0 Å². The number of rotatable bonds is 7. The van der Waals surface area contributed by atoms with Gasteiger partial charge in [0, 0.05) is 57.3 Å². The minimum absolute atomic E-state index is 0.0522. The van der Waals surface area contributed by atoms with E-state index < -0.39 is 0 Å². The first kappa shape index (κ1) is 18.2. The zero-order valence-electron chi connectivity index (χ0n) is 13.7. The number of carbonyl (C=O) groups excluding carboxylic acids is 1. The Hall–Kier alpha value is -1.14. The van der Waals surface area contributed by atoms with Crippen molar-refractivity contribution in [1.29, 1.82) is 0 Å². The average Bonchev–Trinajstić information content (AvgIpc) is 2.53. The van der Waals surface area contributed by atoms with Gasteiger partial charge in [0.2, 0.25) is 5.91 Å². The molecule has 5 nitrogen and oxygen atoms in total. The van der Waals surface area contributed by atoms with Gasteiger partial charge in [-0.15, -0.1) is 0 Å². The maximum atomic E-state index is 12.0. The van der Waals surface area contributed by atoms with Crippen molar-refractivity contribution < 1.29 is 9.90 Å². The Morgan fingerprint density at radius 3 is 2.57 bits per heavy atom. The smallest absolute Gasteiger partial charge is 0.221 e. The number of nitrogens with one attached hydrogen (secondary N) is 1. The van der Waals surface area contributed by atoms with E-state index in [1.807, 2.05) is 31.2 Å². The Bertz CT molecular complexity index is 502. The normalized spacial score (nSPS) is 17.9. The number of aliphatic hydroxyl groups excluding tert-OH is 1. The van der Waals surface area contributed by atoms with Gasteiger partial charge in [0.1, 0.15) is 0 Å². The van der Waals surface area contributed by atoms with Crippen LogP contribution in [0, 0.1) is 0 Å². The lowest BCUT2D eigenvalue weighted by Crippen LogP contribution is -2.48. The van der Waals surface area contributed by atoms with Crippen LogP contribution in [-0.2, 0) is 11.3 Å². The Morgan fingerprint density at radius 1 is 1.26 bits per heavy atom. The molecule has 128 valence electrons. The number of halogens is 1. The third-order valence-corrected chi connectivity index (χ3v) is 4.45. The number of β-amino-alcohol motifs (C(OH)–C–C–N with tert-alkyl or cyclic N) is 1. The van der Waals surface area contributed by atoms with Crippen LogP contribution in [0.25, 0.3) is 0 Å². The Labute approximate surface area is 143 Å². The van der Waals surface area contributed by atoms with Gasteiger partial charge >= 0.3 is 0 Å². The Balaban J connectivity index is 1.63. The molecule has 1 aliphatic rings. The molecule has 1 fully saturated rings. The van der Waals surface area contributed by atoms with Crippen LogP contribution >= 0.6 is 11.6 Å². The van der Waals surface area contributed by atoms with Crippen molar-refractivity contribution in [3.8, 4) is 0 Å². The quantitative estimate of drug-likeness (QED) is 0.787. The zero-order valence-corrected chi connectivity index (χ0v) is 14.4. The highest BCUT2D eigenvalue weighted by Crippen LogP contribution is 2.14. The molecule has 0 saturated carbocycles. The summed E-state index contributed by atoms with van der Waals surface area (Å²) < 4.78 is 0. The van der Waals surface area contributed by atoms with Gasteiger partial charge in [-0.25, -0.2) is 0 Å². The minimum atomic E-state index is -0.280. The fraction of sp³-hybridized carbons (Fsp3) is 0.588. The van der Waals surface area contributed by atoms with Gasteiger partial charge in [-0.1, -0.05) is 29.8 Å². The van der Waals surface area contributed by atoms with E-state index in [4.69, 9.17) is 11.6 Å². The Morgan fingerprint density at radius 2 is 1.91 bits per heavy atom. The van der Waals surface area contributed by atoms with Crippen molar-refractivity contribution >= 4 is 17.5 Å². The molecule has 1 aromatic rings. The van der Waals surface area contributed by atoms with Crippen molar-refractivity contribution in [1.82, 2.24) is 15.1 Å². The highest BCUT2D eigenvalue weighted by atomic mass is 35.5. The van der Waals surface area contributed by atoms with Gasteiger partial charge in [0.25, 0.3) is 0 Å². The van der Waals surface area contributed by atoms with Crippen molar-refractivity contribution in [2.75, 3.05) is 39.3 Å². The first-order valence-electron chi connectivity index (χ1n) is 8.17. The highest BCUT2D eigenvalue weighted by Gasteiger charge is 2.18. The number of carbonyl (C=O) groups is 1. The summed E-state index contributed by atoms with van der Waals surface area (Å²) >= 11 is 6.07. The maximum absolute atomic E-state index is 12.0. The highest BCUT2D eigenvalue weighted by molar-refractivity contribution is 6.31. The number of hydrogen-bond acceptors (Lipinski definition) is 4. The van der Waals surface area contributed by atoms with Crippen LogP contribution in [0.15, 0.2) is 24.3 Å². The molecule has 0 unspecified atom stereocenters. The monoisotopic (exact) mass is 339 g/mol.